The van der Waals surface area contributed by atoms with Crippen LogP contribution in [0.5, 0.6) is 0 Å². The van der Waals surface area contributed by atoms with Crippen molar-refractivity contribution in [2.45, 2.75) is 78.1 Å². The zero-order chi connectivity index (χ0) is 59.5. The Morgan fingerprint density at radius 2 is 0.478 bits per heavy atom. The molecule has 0 atom stereocenters. The molecule has 0 aromatic heterocycles. The number of rotatable bonds is 14. The normalized spacial score (nSPS) is 11.1. The molecule has 0 N–H and O–H groups in total. The van der Waals surface area contributed by atoms with Crippen LogP contribution in [0.2, 0.25) is 0 Å². The Morgan fingerprint density at radius 1 is 0.261 bits per heavy atom. The summed E-state index contributed by atoms with van der Waals surface area (Å²) in [6.45, 7) is 7.64. The van der Waals surface area contributed by atoms with E-state index in [2.05, 4.69) is 288 Å². The Kier molecular flexibility index (Phi) is 22.0. The predicted molar refractivity (Wildman–Crippen MR) is 395 cm³/mol. The minimum atomic E-state index is 0. The second-order valence-corrected chi connectivity index (χ2v) is 24.1. The summed E-state index contributed by atoms with van der Waals surface area (Å²) in [5.74, 6) is 0. The monoisotopic (exact) mass is 1320 g/mol. The van der Waals surface area contributed by atoms with E-state index in [4.69, 9.17) is 0 Å². The molecular formula is C88H76Cl2SiZr-6. The molecule has 0 aliphatic carbocycles. The van der Waals surface area contributed by atoms with Crippen molar-refractivity contribution in [3.05, 3.63) is 293 Å². The summed E-state index contributed by atoms with van der Waals surface area (Å²) >= 11 is 1.36. The molecule has 0 amide bonds. The van der Waals surface area contributed by atoms with Crippen molar-refractivity contribution >= 4 is 115 Å². The minimum absolute atomic E-state index is 0. The maximum absolute atomic E-state index is 3.06. The van der Waals surface area contributed by atoms with E-state index in [1.807, 2.05) is 0 Å². The van der Waals surface area contributed by atoms with Crippen molar-refractivity contribution < 1.29 is 48.1 Å². The van der Waals surface area contributed by atoms with Crippen LogP contribution in [0.25, 0.3) is 152 Å². The fourth-order valence-corrected chi connectivity index (χ4v) is 14.6. The zero-order valence-corrected chi connectivity index (χ0v) is 58.2. The van der Waals surface area contributed by atoms with Crippen LogP contribution in [0.4, 0.5) is 0 Å². The molecule has 16 aromatic rings. The van der Waals surface area contributed by atoms with E-state index in [1.54, 1.807) is 0 Å². The number of unbranched alkanes of at least 4 members (excludes halogenated alkanes) is 6. The van der Waals surface area contributed by atoms with Gasteiger partial charge in [-0.2, -0.15) is 12.1 Å². The van der Waals surface area contributed by atoms with Crippen LogP contribution in [0, 0.1) is 14.9 Å². The Morgan fingerprint density at radius 3 is 0.717 bits per heavy atom. The molecular weight excluding hydrogens is 1250 g/mol. The third-order valence-corrected chi connectivity index (χ3v) is 18.7. The molecule has 0 unspecified atom stereocenters. The molecule has 0 saturated heterocycles. The fraction of sp³-hybridized carbons (Fsp3) is 0.136. The zero-order valence-electron chi connectivity index (χ0n) is 53.2. The van der Waals surface area contributed by atoms with E-state index in [0.717, 1.165) is 12.8 Å². The van der Waals surface area contributed by atoms with Crippen molar-refractivity contribution in [3.63, 3.8) is 0 Å². The van der Waals surface area contributed by atoms with Gasteiger partial charge in [0.25, 0.3) is 0 Å². The fourth-order valence-electron chi connectivity index (χ4n) is 14.6. The van der Waals surface area contributed by atoms with Gasteiger partial charge in [-0.15, -0.1) is 44.8 Å². The summed E-state index contributed by atoms with van der Waals surface area (Å²) in [5, 5.41) is 26.3. The van der Waals surface area contributed by atoms with E-state index in [0.29, 0.717) is 0 Å². The molecule has 4 heteroatoms. The van der Waals surface area contributed by atoms with Gasteiger partial charge in [0.1, 0.15) is 0 Å². The van der Waals surface area contributed by atoms with Crippen molar-refractivity contribution in [1.29, 1.82) is 0 Å². The Labute approximate surface area is 573 Å². The van der Waals surface area contributed by atoms with E-state index in [1.165, 1.54) is 238 Å². The molecule has 16 rings (SSSR count). The first-order valence-electron chi connectivity index (χ1n) is 31.9. The van der Waals surface area contributed by atoms with Crippen LogP contribution >= 0.6 is 0 Å². The SMILES string of the molecule is CCCCCCc1cc2c(-c3c4ccccc4cc4ccccc34)ccc(-c3c4ccccc4cc4ccccc34)c2[cH-]1.CCCCCCc1cc2c(-c3c4ccccc4cc4ccccc34)ccc(-c3c4ccccc4cc4ccccc34)c2[cH-]1.[CH3-].[CH3-].[Cl-].[Cl-].[Si]=[Zr]. The summed E-state index contributed by atoms with van der Waals surface area (Å²) < 4.78 is 0. The second-order valence-electron chi connectivity index (χ2n) is 24.1. The van der Waals surface area contributed by atoms with Crippen LogP contribution < -0.4 is 24.8 Å². The van der Waals surface area contributed by atoms with Crippen LogP contribution in [0.15, 0.2) is 267 Å². The molecule has 0 saturated carbocycles. The summed E-state index contributed by atoms with van der Waals surface area (Å²) in [6.07, 6.45) is 12.5. The molecule has 0 bridgehead atoms. The first-order chi connectivity index (χ1) is 43.6. The van der Waals surface area contributed by atoms with Crippen molar-refractivity contribution in [2.75, 3.05) is 0 Å². The van der Waals surface area contributed by atoms with Gasteiger partial charge in [0, 0.05) is 0 Å². The average molecular weight is 1320 g/mol. The van der Waals surface area contributed by atoms with Gasteiger partial charge in [-0.05, 0) is 146 Å². The Bertz CT molecular complexity index is 4400. The number of benzene rings is 14. The molecule has 2 radical (unpaired) electrons. The van der Waals surface area contributed by atoms with Gasteiger partial charge < -0.3 is 39.7 Å². The van der Waals surface area contributed by atoms with Gasteiger partial charge in [0.15, 0.2) is 0 Å². The number of fused-ring (bicyclic) bond motifs is 10. The Hall–Kier alpha value is -7.94. The van der Waals surface area contributed by atoms with Crippen molar-refractivity contribution in [2.24, 2.45) is 0 Å². The van der Waals surface area contributed by atoms with Crippen LogP contribution in [-0.4, -0.2) is 6.88 Å². The van der Waals surface area contributed by atoms with Crippen LogP contribution in [0.3, 0.4) is 0 Å². The van der Waals surface area contributed by atoms with E-state index in [9.17, 15) is 0 Å². The molecule has 0 heterocycles. The summed E-state index contributed by atoms with van der Waals surface area (Å²) in [5.41, 5.74) is 13.6. The molecule has 0 aliphatic rings. The molecule has 16 aromatic carbocycles. The molecule has 92 heavy (non-hydrogen) atoms. The summed E-state index contributed by atoms with van der Waals surface area (Å²) in [6, 6.07) is 100. The van der Waals surface area contributed by atoms with E-state index < -0.39 is 0 Å². The standard InChI is InChI=1S/2C43H35.2CH3.2ClH.Si.Zr/c2*1-2-3-4-5-14-29-25-40-38(42-34-19-10-6-15-30(34)27-31-16-7-11-20-35(31)42)23-24-39(41(40)26-29)43-36-21-12-8-17-32(36)28-33-18-9-13-22-37(33)43;;;;;;/h2*6-13,15-28H,2-5,14H2,1H3;2*1H3;2*1H;;/q4*-1;;;;/p-2. The molecule has 0 aliphatic heterocycles. The van der Waals surface area contributed by atoms with E-state index in [-0.39, 0.29) is 39.7 Å². The molecule has 0 nitrogen and oxygen atoms in total. The van der Waals surface area contributed by atoms with Crippen molar-refractivity contribution in [3.8, 4) is 44.5 Å². The molecule has 0 fully saturated rings. The summed E-state index contributed by atoms with van der Waals surface area (Å²) in [7, 11) is 0. The molecule has 456 valence electrons. The summed E-state index contributed by atoms with van der Waals surface area (Å²) in [4.78, 5) is 0. The van der Waals surface area contributed by atoms with Gasteiger partial charge in [0.2, 0.25) is 0 Å². The number of aryl methyl sites for hydroxylation is 2. The third kappa shape index (κ3) is 12.7. The Balaban J connectivity index is 0.000000188. The van der Waals surface area contributed by atoms with Crippen LogP contribution in [-0.2, 0) is 36.2 Å². The predicted octanol–water partition coefficient (Wildman–Crippen LogP) is 19.8. The maximum atomic E-state index is 3.06. The van der Waals surface area contributed by atoms with Gasteiger partial charge >= 0.3 is 30.2 Å². The number of halogens is 2. The van der Waals surface area contributed by atoms with Crippen LogP contribution in [0.1, 0.15) is 76.3 Å². The second kappa shape index (κ2) is 30.2. The van der Waals surface area contributed by atoms with Gasteiger partial charge in [0.05, 0.1) is 0 Å². The van der Waals surface area contributed by atoms with Crippen molar-refractivity contribution in [1.82, 2.24) is 0 Å². The quantitative estimate of drug-likeness (QED) is 0.0441. The van der Waals surface area contributed by atoms with E-state index >= 15 is 0 Å². The third-order valence-electron chi connectivity index (χ3n) is 18.7. The average Bonchev–Trinajstić information content (AvgIpc) is 1.30. The molecule has 0 spiro atoms. The number of hydrogen-bond donors (Lipinski definition) is 0. The van der Waals surface area contributed by atoms with Gasteiger partial charge in [-0.3, -0.25) is 0 Å². The van der Waals surface area contributed by atoms with Gasteiger partial charge in [-0.1, -0.05) is 306 Å². The number of hydrogen-bond acceptors (Lipinski definition) is 0. The van der Waals surface area contributed by atoms with Gasteiger partial charge in [-0.25, -0.2) is 0 Å². The first kappa shape index (κ1) is 67.0. The topological polar surface area (TPSA) is 0 Å². The first-order valence-corrected chi connectivity index (χ1v) is 36.1.